The van der Waals surface area contributed by atoms with Gasteiger partial charge in [-0.2, -0.15) is 0 Å². The van der Waals surface area contributed by atoms with Crippen LogP contribution < -0.4 is 0 Å². The molecule has 0 spiro atoms. The molecule has 0 fully saturated rings. The lowest BCUT2D eigenvalue weighted by molar-refractivity contribution is 0.0519. The Balaban J connectivity index is 3.33. The van der Waals surface area contributed by atoms with Gasteiger partial charge in [0.1, 0.15) is 10.6 Å². The highest BCUT2D eigenvalue weighted by Gasteiger charge is 2.25. The van der Waals surface area contributed by atoms with Crippen molar-refractivity contribution in [2.24, 2.45) is 0 Å². The molecule has 1 aromatic heterocycles. The first kappa shape index (κ1) is 13.1. The number of aromatic amines is 1. The van der Waals surface area contributed by atoms with Crippen molar-refractivity contribution < 1.29 is 17.9 Å². The molecule has 0 radical (unpaired) electrons. The third-order valence-corrected chi connectivity index (χ3v) is 3.65. The fraction of sp³-hybridized carbons (Fsp3) is 0.444. The van der Waals surface area contributed by atoms with E-state index in [4.69, 9.17) is 15.4 Å². The molecule has 1 N–H and O–H groups in total. The van der Waals surface area contributed by atoms with E-state index in [9.17, 15) is 13.2 Å². The van der Waals surface area contributed by atoms with Crippen molar-refractivity contribution in [2.75, 3.05) is 6.61 Å². The first-order chi connectivity index (χ1) is 7.29. The summed E-state index contributed by atoms with van der Waals surface area (Å²) >= 11 is 0. The van der Waals surface area contributed by atoms with E-state index in [0.29, 0.717) is 5.69 Å². The largest absolute Gasteiger partial charge is 0.461 e. The van der Waals surface area contributed by atoms with Crippen molar-refractivity contribution in [3.63, 3.8) is 0 Å². The van der Waals surface area contributed by atoms with Crippen molar-refractivity contribution in [2.45, 2.75) is 25.7 Å². The Kier molecular flexibility index (Phi) is 3.64. The number of H-pyrrole nitrogens is 1. The van der Waals surface area contributed by atoms with Gasteiger partial charge in [0.15, 0.2) is 0 Å². The molecule has 0 aliphatic carbocycles. The molecule has 0 aromatic carbocycles. The van der Waals surface area contributed by atoms with E-state index >= 15 is 0 Å². The summed E-state index contributed by atoms with van der Waals surface area (Å²) in [4.78, 5) is 14.1. The molecule has 0 saturated carbocycles. The lowest BCUT2D eigenvalue weighted by Crippen LogP contribution is -2.06. The molecule has 0 aliphatic heterocycles. The Morgan fingerprint density at radius 2 is 2.00 bits per heavy atom. The highest BCUT2D eigenvalue weighted by molar-refractivity contribution is 8.13. The van der Waals surface area contributed by atoms with Crippen LogP contribution in [0.3, 0.4) is 0 Å². The molecule has 1 heterocycles. The van der Waals surface area contributed by atoms with Gasteiger partial charge < -0.3 is 9.72 Å². The molecule has 0 aliphatic rings. The number of aryl methyl sites for hydroxylation is 1. The number of esters is 1. The number of carbonyl (C=O) groups excluding carboxylic acids is 1. The molecule has 5 nitrogen and oxygen atoms in total. The maximum atomic E-state index is 11.5. The summed E-state index contributed by atoms with van der Waals surface area (Å²) in [5, 5.41) is 0. The van der Waals surface area contributed by atoms with Crippen LogP contribution >= 0.6 is 10.7 Å². The number of ether oxygens (including phenoxy) is 1. The van der Waals surface area contributed by atoms with Crippen LogP contribution in [0.1, 0.15) is 28.7 Å². The Labute approximate surface area is 98.2 Å². The molecule has 16 heavy (non-hydrogen) atoms. The number of carbonyl (C=O) groups is 1. The van der Waals surface area contributed by atoms with Crippen LogP contribution in [0.25, 0.3) is 0 Å². The first-order valence-corrected chi connectivity index (χ1v) is 6.91. The fourth-order valence-corrected chi connectivity index (χ4v) is 3.08. The van der Waals surface area contributed by atoms with Gasteiger partial charge in [-0.05, 0) is 20.8 Å². The number of hydrogen-bond acceptors (Lipinski definition) is 4. The van der Waals surface area contributed by atoms with Gasteiger partial charge in [0, 0.05) is 21.9 Å². The highest BCUT2D eigenvalue weighted by atomic mass is 35.7. The van der Waals surface area contributed by atoms with E-state index < -0.39 is 15.0 Å². The smallest absolute Gasteiger partial charge is 0.355 e. The standard InChI is InChI=1S/C9H12ClNO4S/c1-4-15-9(12)7-5(2)8(6(3)11-7)16(10,13)14/h11H,4H2,1-3H3. The van der Waals surface area contributed by atoms with E-state index in [0.717, 1.165) is 0 Å². The average Bonchev–Trinajstić information content (AvgIpc) is 2.41. The third-order valence-electron chi connectivity index (χ3n) is 2.09. The van der Waals surface area contributed by atoms with Crippen LogP contribution in [-0.4, -0.2) is 26.0 Å². The van der Waals surface area contributed by atoms with Crippen molar-refractivity contribution in [1.82, 2.24) is 4.98 Å². The minimum Gasteiger partial charge on any atom is -0.461 e. The maximum absolute atomic E-state index is 11.5. The molecule has 0 unspecified atom stereocenters. The van der Waals surface area contributed by atoms with Gasteiger partial charge in [0.05, 0.1) is 6.61 Å². The lowest BCUT2D eigenvalue weighted by Gasteiger charge is -2.00. The summed E-state index contributed by atoms with van der Waals surface area (Å²) in [6.07, 6.45) is 0. The van der Waals surface area contributed by atoms with Gasteiger partial charge in [0.2, 0.25) is 0 Å². The zero-order valence-electron chi connectivity index (χ0n) is 9.13. The number of hydrogen-bond donors (Lipinski definition) is 1. The van der Waals surface area contributed by atoms with Crippen molar-refractivity contribution in [1.29, 1.82) is 0 Å². The average molecular weight is 266 g/mol. The second kappa shape index (κ2) is 4.47. The molecule has 0 bridgehead atoms. The van der Waals surface area contributed by atoms with E-state index in [1.165, 1.54) is 13.8 Å². The Bertz CT molecular complexity index is 518. The third kappa shape index (κ3) is 2.38. The molecule has 0 saturated heterocycles. The molecule has 90 valence electrons. The zero-order chi connectivity index (χ0) is 12.5. The van der Waals surface area contributed by atoms with Gasteiger partial charge in [-0.1, -0.05) is 0 Å². The monoisotopic (exact) mass is 265 g/mol. The summed E-state index contributed by atoms with van der Waals surface area (Å²) in [7, 11) is 1.41. The maximum Gasteiger partial charge on any atom is 0.355 e. The summed E-state index contributed by atoms with van der Waals surface area (Å²) in [5.41, 5.74) is 0.736. The van der Waals surface area contributed by atoms with Crippen LogP contribution in [0.15, 0.2) is 4.90 Å². The quantitative estimate of drug-likeness (QED) is 0.667. The number of halogens is 1. The van der Waals surface area contributed by atoms with E-state index in [1.54, 1.807) is 6.92 Å². The van der Waals surface area contributed by atoms with Crippen molar-refractivity contribution in [3.8, 4) is 0 Å². The predicted octanol–water partition coefficient (Wildman–Crippen LogP) is 1.74. The summed E-state index contributed by atoms with van der Waals surface area (Å²) < 4.78 is 27.3. The number of nitrogens with one attached hydrogen (secondary N) is 1. The molecule has 0 amide bonds. The molecule has 1 aromatic rings. The Morgan fingerprint density at radius 3 is 2.38 bits per heavy atom. The molecular formula is C9H12ClNO4S. The SMILES string of the molecule is CCOC(=O)c1[nH]c(C)c(S(=O)(=O)Cl)c1C. The predicted molar refractivity (Wildman–Crippen MR) is 59.3 cm³/mol. The second-order valence-corrected chi connectivity index (χ2v) is 5.74. The van der Waals surface area contributed by atoms with Gasteiger partial charge in [-0.3, -0.25) is 0 Å². The minimum atomic E-state index is -3.86. The fourth-order valence-electron chi connectivity index (χ4n) is 1.51. The summed E-state index contributed by atoms with van der Waals surface area (Å²) in [5.74, 6) is -0.588. The normalized spacial score (nSPS) is 11.5. The van der Waals surface area contributed by atoms with Gasteiger partial charge >= 0.3 is 5.97 Å². The van der Waals surface area contributed by atoms with E-state index in [1.807, 2.05) is 0 Å². The van der Waals surface area contributed by atoms with Crippen LogP contribution in [0.4, 0.5) is 0 Å². The minimum absolute atomic E-state index is 0.0581. The molecule has 0 atom stereocenters. The molecule has 7 heteroatoms. The van der Waals surface area contributed by atoms with Crippen molar-refractivity contribution in [3.05, 3.63) is 17.0 Å². The van der Waals surface area contributed by atoms with Gasteiger partial charge in [0.25, 0.3) is 9.05 Å². The van der Waals surface area contributed by atoms with E-state index in [-0.39, 0.29) is 22.8 Å². The number of rotatable bonds is 3. The highest BCUT2D eigenvalue weighted by Crippen LogP contribution is 2.26. The second-order valence-electron chi connectivity index (χ2n) is 3.24. The van der Waals surface area contributed by atoms with Crippen LogP contribution in [0.5, 0.6) is 0 Å². The van der Waals surface area contributed by atoms with Crippen molar-refractivity contribution >= 4 is 25.7 Å². The van der Waals surface area contributed by atoms with Gasteiger partial charge in [-0.25, -0.2) is 13.2 Å². The topological polar surface area (TPSA) is 76.2 Å². The number of aromatic nitrogens is 1. The van der Waals surface area contributed by atoms with E-state index in [2.05, 4.69) is 4.98 Å². The molecular weight excluding hydrogens is 254 g/mol. The summed E-state index contributed by atoms with van der Waals surface area (Å²) in [6.45, 7) is 4.93. The first-order valence-electron chi connectivity index (χ1n) is 4.60. The van der Waals surface area contributed by atoms with Crippen LogP contribution in [-0.2, 0) is 13.8 Å². The Morgan fingerprint density at radius 1 is 1.44 bits per heavy atom. The summed E-state index contributed by atoms with van der Waals surface area (Å²) in [6, 6.07) is 0. The Hall–Kier alpha value is -1.01. The zero-order valence-corrected chi connectivity index (χ0v) is 10.7. The lowest BCUT2D eigenvalue weighted by atomic mass is 10.2. The van der Waals surface area contributed by atoms with Crippen LogP contribution in [0, 0.1) is 13.8 Å². The molecule has 1 rings (SSSR count). The van der Waals surface area contributed by atoms with Crippen LogP contribution in [0.2, 0.25) is 0 Å². The van der Waals surface area contributed by atoms with Gasteiger partial charge in [-0.15, -0.1) is 0 Å².